The summed E-state index contributed by atoms with van der Waals surface area (Å²) in [7, 11) is 0. The molecule has 122 valence electrons. The Kier molecular flexibility index (Phi) is 5.87. The Balaban J connectivity index is 1.81. The highest BCUT2D eigenvalue weighted by atomic mass is 35.5. The smallest absolute Gasteiger partial charge is 0.254 e. The second-order valence-electron chi connectivity index (χ2n) is 4.92. The minimum absolute atomic E-state index is 0.0837. The molecule has 4 nitrogen and oxygen atoms in total. The molecule has 0 bridgehead atoms. The normalized spacial score (nSPS) is 10.6. The van der Waals surface area contributed by atoms with E-state index in [0.717, 1.165) is 12.1 Å². The maximum atomic E-state index is 13.7. The van der Waals surface area contributed by atoms with Crippen LogP contribution in [-0.2, 0) is 6.54 Å². The zero-order valence-electron chi connectivity index (χ0n) is 12.2. The largest absolute Gasteiger partial charge is 0.352 e. The van der Waals surface area contributed by atoms with Gasteiger partial charge in [0.1, 0.15) is 10.8 Å². The Morgan fingerprint density at radius 3 is 2.70 bits per heavy atom. The number of pyridine rings is 1. The molecule has 0 unspecified atom stereocenters. The molecule has 0 atom stereocenters. The summed E-state index contributed by atoms with van der Waals surface area (Å²) in [5.41, 5.74) is -0.379. The monoisotopic (exact) mass is 340 g/mol. The van der Waals surface area contributed by atoms with Crippen LogP contribution >= 0.6 is 11.6 Å². The molecule has 1 heterocycles. The molecule has 2 rings (SSSR count). The average molecular weight is 341 g/mol. The first-order chi connectivity index (χ1) is 11.0. The molecule has 23 heavy (non-hydrogen) atoms. The SMILES string of the molecule is O=C(NCCCCn1ccccc1=O)c1ccc(F)c(Cl)c1F. The molecule has 1 aromatic heterocycles. The molecule has 1 aromatic carbocycles. The maximum Gasteiger partial charge on any atom is 0.254 e. The number of halogens is 3. The van der Waals surface area contributed by atoms with E-state index < -0.39 is 22.6 Å². The van der Waals surface area contributed by atoms with Crippen molar-refractivity contribution in [1.82, 2.24) is 9.88 Å². The van der Waals surface area contributed by atoms with Gasteiger partial charge in [0.05, 0.1) is 5.56 Å². The molecule has 0 saturated heterocycles. The first-order valence-corrected chi connectivity index (χ1v) is 7.45. The van der Waals surface area contributed by atoms with Gasteiger partial charge in [-0.1, -0.05) is 17.7 Å². The van der Waals surface area contributed by atoms with Gasteiger partial charge in [-0.05, 0) is 31.0 Å². The van der Waals surface area contributed by atoms with Gasteiger partial charge in [0, 0.05) is 25.4 Å². The van der Waals surface area contributed by atoms with E-state index in [1.165, 1.54) is 6.07 Å². The van der Waals surface area contributed by atoms with E-state index in [1.807, 2.05) is 0 Å². The Bertz CT molecular complexity index is 762. The minimum atomic E-state index is -1.07. The highest BCUT2D eigenvalue weighted by Crippen LogP contribution is 2.21. The van der Waals surface area contributed by atoms with Gasteiger partial charge in [-0.3, -0.25) is 9.59 Å². The van der Waals surface area contributed by atoms with Gasteiger partial charge >= 0.3 is 0 Å². The van der Waals surface area contributed by atoms with Gasteiger partial charge in [0.2, 0.25) is 5.56 Å². The number of aryl methyl sites for hydroxylation is 1. The standard InChI is InChI=1S/C16H15ClF2N2O2/c17-14-12(18)7-6-11(15(14)19)16(23)20-8-2-4-10-21-9-3-1-5-13(21)22/h1,3,5-7,9H,2,4,8,10H2,(H,20,23). The molecule has 2 aromatic rings. The fourth-order valence-electron chi connectivity index (χ4n) is 2.05. The van der Waals surface area contributed by atoms with Crippen LogP contribution in [-0.4, -0.2) is 17.0 Å². The molecule has 0 saturated carbocycles. The quantitative estimate of drug-likeness (QED) is 0.649. The van der Waals surface area contributed by atoms with E-state index in [-0.39, 0.29) is 11.1 Å². The number of hydrogen-bond acceptors (Lipinski definition) is 2. The van der Waals surface area contributed by atoms with Gasteiger partial charge in [-0.15, -0.1) is 0 Å². The number of aromatic nitrogens is 1. The predicted molar refractivity (Wildman–Crippen MR) is 83.6 cm³/mol. The molecule has 0 radical (unpaired) electrons. The number of hydrogen-bond donors (Lipinski definition) is 1. The molecule has 0 aliphatic rings. The van der Waals surface area contributed by atoms with E-state index in [2.05, 4.69) is 5.32 Å². The van der Waals surface area contributed by atoms with E-state index in [9.17, 15) is 18.4 Å². The highest BCUT2D eigenvalue weighted by Gasteiger charge is 2.16. The number of nitrogens with one attached hydrogen (secondary N) is 1. The van der Waals surface area contributed by atoms with Crippen LogP contribution in [0.15, 0.2) is 41.3 Å². The summed E-state index contributed by atoms with van der Waals surface area (Å²) in [6, 6.07) is 6.91. The van der Waals surface area contributed by atoms with Gasteiger partial charge < -0.3 is 9.88 Å². The van der Waals surface area contributed by atoms with Gasteiger partial charge in [-0.2, -0.15) is 0 Å². The van der Waals surface area contributed by atoms with Crippen molar-refractivity contribution in [2.45, 2.75) is 19.4 Å². The van der Waals surface area contributed by atoms with Crippen molar-refractivity contribution >= 4 is 17.5 Å². The van der Waals surface area contributed by atoms with Crippen LogP contribution in [0.5, 0.6) is 0 Å². The first kappa shape index (κ1) is 17.1. The number of amides is 1. The van der Waals surface area contributed by atoms with Crippen LogP contribution in [0.1, 0.15) is 23.2 Å². The van der Waals surface area contributed by atoms with E-state index in [1.54, 1.807) is 22.9 Å². The zero-order chi connectivity index (χ0) is 16.8. The van der Waals surface area contributed by atoms with Crippen LogP contribution in [0.3, 0.4) is 0 Å². The molecule has 1 N–H and O–H groups in total. The molecule has 0 aliphatic heterocycles. The molecule has 7 heteroatoms. The fraction of sp³-hybridized carbons (Fsp3) is 0.250. The Morgan fingerprint density at radius 2 is 1.96 bits per heavy atom. The van der Waals surface area contributed by atoms with Crippen molar-refractivity contribution in [2.24, 2.45) is 0 Å². The number of nitrogens with zero attached hydrogens (tertiary/aromatic N) is 1. The first-order valence-electron chi connectivity index (χ1n) is 7.08. The molecular weight excluding hydrogens is 326 g/mol. The van der Waals surface area contributed by atoms with E-state index >= 15 is 0 Å². The Morgan fingerprint density at radius 1 is 1.17 bits per heavy atom. The average Bonchev–Trinajstić information content (AvgIpc) is 2.54. The van der Waals surface area contributed by atoms with Crippen molar-refractivity contribution < 1.29 is 13.6 Å². The Labute approximate surface area is 136 Å². The summed E-state index contributed by atoms with van der Waals surface area (Å²) >= 11 is 5.43. The molecule has 0 fully saturated rings. The summed E-state index contributed by atoms with van der Waals surface area (Å²) in [5, 5.41) is 1.85. The Hall–Kier alpha value is -2.21. The third-order valence-electron chi connectivity index (χ3n) is 3.29. The predicted octanol–water partition coefficient (Wildman–Crippen LogP) is 2.99. The molecule has 0 spiro atoms. The van der Waals surface area contributed by atoms with Crippen molar-refractivity contribution in [1.29, 1.82) is 0 Å². The second kappa shape index (κ2) is 7.87. The lowest BCUT2D eigenvalue weighted by Crippen LogP contribution is -2.26. The van der Waals surface area contributed by atoms with Crippen molar-refractivity contribution in [3.63, 3.8) is 0 Å². The third kappa shape index (κ3) is 4.39. The van der Waals surface area contributed by atoms with Crippen molar-refractivity contribution in [3.8, 4) is 0 Å². The lowest BCUT2D eigenvalue weighted by molar-refractivity contribution is 0.0948. The van der Waals surface area contributed by atoms with E-state index in [0.29, 0.717) is 25.9 Å². The number of rotatable bonds is 6. The molecular formula is C16H15ClF2N2O2. The second-order valence-corrected chi connectivity index (χ2v) is 5.30. The van der Waals surface area contributed by atoms with Crippen LogP contribution in [0.2, 0.25) is 5.02 Å². The topological polar surface area (TPSA) is 51.1 Å². The third-order valence-corrected chi connectivity index (χ3v) is 3.64. The van der Waals surface area contributed by atoms with Gasteiger partial charge in [-0.25, -0.2) is 8.78 Å². The number of benzene rings is 1. The summed E-state index contributed by atoms with van der Waals surface area (Å²) in [6.07, 6.45) is 2.98. The zero-order valence-corrected chi connectivity index (χ0v) is 12.9. The van der Waals surface area contributed by atoms with Crippen LogP contribution in [0, 0.1) is 11.6 Å². The lowest BCUT2D eigenvalue weighted by Gasteiger charge is -2.08. The number of carbonyl (C=O) groups excluding carboxylic acids is 1. The summed E-state index contributed by atoms with van der Waals surface area (Å²) in [6.45, 7) is 0.848. The van der Waals surface area contributed by atoms with Gasteiger partial charge in [0.25, 0.3) is 5.91 Å². The van der Waals surface area contributed by atoms with Crippen LogP contribution in [0.25, 0.3) is 0 Å². The van der Waals surface area contributed by atoms with Gasteiger partial charge in [0.15, 0.2) is 5.82 Å². The van der Waals surface area contributed by atoms with Crippen LogP contribution < -0.4 is 10.9 Å². The summed E-state index contributed by atoms with van der Waals surface area (Å²) < 4.78 is 28.3. The summed E-state index contributed by atoms with van der Waals surface area (Å²) in [5.74, 6) is -2.63. The summed E-state index contributed by atoms with van der Waals surface area (Å²) in [4.78, 5) is 23.3. The molecule has 1 amide bonds. The minimum Gasteiger partial charge on any atom is -0.352 e. The highest BCUT2D eigenvalue weighted by molar-refractivity contribution is 6.31. The number of carbonyl (C=O) groups is 1. The van der Waals surface area contributed by atoms with E-state index in [4.69, 9.17) is 11.6 Å². The fourth-order valence-corrected chi connectivity index (χ4v) is 2.22. The van der Waals surface area contributed by atoms with Crippen LogP contribution in [0.4, 0.5) is 8.78 Å². The number of unbranched alkanes of at least 4 members (excludes halogenated alkanes) is 1. The maximum absolute atomic E-state index is 13.7. The van der Waals surface area contributed by atoms with Crippen molar-refractivity contribution in [3.05, 3.63) is 69.1 Å². The lowest BCUT2D eigenvalue weighted by atomic mass is 10.2. The molecule has 0 aliphatic carbocycles. The van der Waals surface area contributed by atoms with Crippen molar-refractivity contribution in [2.75, 3.05) is 6.54 Å².